The Morgan fingerprint density at radius 2 is 1.86 bits per heavy atom. The molecular formula is C14H15BrF3N3. The van der Waals surface area contributed by atoms with E-state index in [9.17, 15) is 13.2 Å². The lowest BCUT2D eigenvalue weighted by molar-refractivity contribution is 0.441. The maximum absolute atomic E-state index is 13.5. The average molecular weight is 362 g/mol. The highest BCUT2D eigenvalue weighted by Crippen LogP contribution is 2.30. The molecule has 3 nitrogen and oxygen atoms in total. The van der Waals surface area contributed by atoms with Gasteiger partial charge < -0.3 is 5.32 Å². The maximum atomic E-state index is 13.5. The first kappa shape index (κ1) is 16.0. The number of aromatic nitrogens is 2. The summed E-state index contributed by atoms with van der Waals surface area (Å²) < 4.78 is 42.5. The Hall–Kier alpha value is -1.34. The number of halogens is 4. The molecule has 0 spiro atoms. The zero-order chi connectivity index (χ0) is 15.6. The smallest absolute Gasteiger partial charge is 0.194 e. The van der Waals surface area contributed by atoms with Crippen LogP contribution in [-0.4, -0.2) is 16.3 Å². The van der Waals surface area contributed by atoms with Crippen LogP contribution in [0.25, 0.3) is 0 Å². The fourth-order valence-electron chi connectivity index (χ4n) is 2.23. The lowest BCUT2D eigenvalue weighted by Gasteiger charge is -2.20. The van der Waals surface area contributed by atoms with Crippen LogP contribution < -0.4 is 5.32 Å². The number of hydrogen-bond acceptors (Lipinski definition) is 2. The van der Waals surface area contributed by atoms with Gasteiger partial charge in [-0.25, -0.2) is 13.2 Å². The molecule has 0 saturated carbocycles. The molecule has 2 rings (SSSR count). The Morgan fingerprint density at radius 3 is 2.38 bits per heavy atom. The highest BCUT2D eigenvalue weighted by atomic mass is 79.9. The van der Waals surface area contributed by atoms with Gasteiger partial charge >= 0.3 is 0 Å². The molecule has 7 heteroatoms. The summed E-state index contributed by atoms with van der Waals surface area (Å²) in [6.07, 6.45) is 1.62. The molecule has 0 saturated heterocycles. The minimum absolute atomic E-state index is 0.309. The summed E-state index contributed by atoms with van der Waals surface area (Å²) in [7, 11) is 0. The van der Waals surface area contributed by atoms with Crippen molar-refractivity contribution in [2.45, 2.75) is 26.4 Å². The van der Waals surface area contributed by atoms with Crippen molar-refractivity contribution in [2.24, 2.45) is 0 Å². The van der Waals surface area contributed by atoms with Crippen molar-refractivity contribution in [3.05, 3.63) is 51.5 Å². The van der Waals surface area contributed by atoms with Gasteiger partial charge in [0.15, 0.2) is 17.5 Å². The lowest BCUT2D eigenvalue weighted by atomic mass is 10.0. The molecule has 1 atom stereocenters. The van der Waals surface area contributed by atoms with Crippen LogP contribution in [0.1, 0.15) is 31.1 Å². The van der Waals surface area contributed by atoms with Crippen LogP contribution in [0.5, 0.6) is 0 Å². The Morgan fingerprint density at radius 1 is 1.24 bits per heavy atom. The molecule has 0 aliphatic rings. The number of benzene rings is 1. The molecule has 0 amide bonds. The number of nitrogens with zero attached hydrogens (tertiary/aromatic N) is 2. The van der Waals surface area contributed by atoms with Crippen molar-refractivity contribution < 1.29 is 13.2 Å². The molecular weight excluding hydrogens is 347 g/mol. The molecule has 0 aliphatic heterocycles. The molecule has 1 aromatic carbocycles. The molecule has 0 fully saturated rings. The second-order valence-electron chi connectivity index (χ2n) is 4.48. The normalized spacial score (nSPS) is 12.7. The van der Waals surface area contributed by atoms with Gasteiger partial charge in [-0.2, -0.15) is 5.10 Å². The van der Waals surface area contributed by atoms with Crippen LogP contribution >= 0.6 is 15.9 Å². The first-order valence-electron chi connectivity index (χ1n) is 6.58. The van der Waals surface area contributed by atoms with E-state index in [2.05, 4.69) is 26.3 Å². The predicted octanol–water partition coefficient (Wildman–Crippen LogP) is 3.78. The molecule has 0 bridgehead atoms. The van der Waals surface area contributed by atoms with Crippen LogP contribution in [0, 0.1) is 17.5 Å². The van der Waals surface area contributed by atoms with Crippen LogP contribution in [0.15, 0.2) is 22.8 Å². The summed E-state index contributed by atoms with van der Waals surface area (Å²) >= 11 is 3.39. The quantitative estimate of drug-likeness (QED) is 0.821. The first-order chi connectivity index (χ1) is 9.99. The fraction of sp³-hybridized carbons (Fsp3) is 0.357. The summed E-state index contributed by atoms with van der Waals surface area (Å²) in [5.41, 5.74) is 1.05. The predicted molar refractivity (Wildman–Crippen MR) is 77.4 cm³/mol. The Labute approximate surface area is 129 Å². The van der Waals surface area contributed by atoms with Gasteiger partial charge in [0.2, 0.25) is 0 Å². The third kappa shape index (κ3) is 3.13. The first-order valence-corrected chi connectivity index (χ1v) is 7.37. The van der Waals surface area contributed by atoms with E-state index in [0.717, 1.165) is 22.3 Å². The Balaban J connectivity index is 2.56. The Kier molecular flexibility index (Phi) is 5.05. The van der Waals surface area contributed by atoms with Gasteiger partial charge in [-0.05, 0) is 47.1 Å². The van der Waals surface area contributed by atoms with Gasteiger partial charge in [-0.3, -0.25) is 4.68 Å². The molecule has 1 unspecified atom stereocenters. The third-order valence-electron chi connectivity index (χ3n) is 3.15. The Bertz CT molecular complexity index is 619. The average Bonchev–Trinajstić information content (AvgIpc) is 2.82. The summed E-state index contributed by atoms with van der Waals surface area (Å²) in [6, 6.07) is 1.52. The van der Waals surface area contributed by atoms with Gasteiger partial charge in [-0.15, -0.1) is 0 Å². The van der Waals surface area contributed by atoms with E-state index in [1.807, 2.05) is 13.8 Å². The van der Waals surface area contributed by atoms with Gasteiger partial charge in [-0.1, -0.05) is 6.92 Å². The molecule has 114 valence electrons. The third-order valence-corrected chi connectivity index (χ3v) is 3.76. The van der Waals surface area contributed by atoms with Crippen molar-refractivity contribution in [1.29, 1.82) is 0 Å². The minimum Gasteiger partial charge on any atom is -0.305 e. The van der Waals surface area contributed by atoms with E-state index in [0.29, 0.717) is 18.7 Å². The number of aryl methyl sites for hydroxylation is 1. The molecule has 0 radical (unpaired) electrons. The van der Waals surface area contributed by atoms with E-state index < -0.39 is 23.5 Å². The van der Waals surface area contributed by atoms with Gasteiger partial charge in [0, 0.05) is 6.54 Å². The van der Waals surface area contributed by atoms with Crippen molar-refractivity contribution in [2.75, 3.05) is 6.54 Å². The summed E-state index contributed by atoms with van der Waals surface area (Å²) in [5, 5.41) is 7.34. The molecule has 1 N–H and O–H groups in total. The second-order valence-corrected chi connectivity index (χ2v) is 5.34. The van der Waals surface area contributed by atoms with Gasteiger partial charge in [0.25, 0.3) is 0 Å². The second kappa shape index (κ2) is 6.62. The van der Waals surface area contributed by atoms with Crippen LogP contribution in [-0.2, 0) is 6.54 Å². The number of nitrogens with one attached hydrogen (secondary N) is 1. The van der Waals surface area contributed by atoms with Crippen LogP contribution in [0.4, 0.5) is 13.2 Å². The lowest BCUT2D eigenvalue weighted by Crippen LogP contribution is -2.25. The molecule has 21 heavy (non-hydrogen) atoms. The largest absolute Gasteiger partial charge is 0.305 e. The monoisotopic (exact) mass is 361 g/mol. The molecule has 1 heterocycles. The SMILES string of the molecule is CCNC(c1cc(F)c(F)c(F)c1)c1c(Br)cnn1CC. The van der Waals surface area contributed by atoms with E-state index in [1.165, 1.54) is 0 Å². The van der Waals surface area contributed by atoms with Crippen LogP contribution in [0.2, 0.25) is 0 Å². The minimum atomic E-state index is -1.46. The molecule has 2 aromatic rings. The topological polar surface area (TPSA) is 29.9 Å². The fourth-order valence-corrected chi connectivity index (χ4v) is 2.75. The van der Waals surface area contributed by atoms with Crippen LogP contribution in [0.3, 0.4) is 0 Å². The van der Waals surface area contributed by atoms with E-state index >= 15 is 0 Å². The zero-order valence-corrected chi connectivity index (χ0v) is 13.2. The summed E-state index contributed by atoms with van der Waals surface area (Å²) in [5.74, 6) is -3.87. The summed E-state index contributed by atoms with van der Waals surface area (Å²) in [4.78, 5) is 0. The van der Waals surface area contributed by atoms with E-state index in [-0.39, 0.29) is 0 Å². The number of rotatable bonds is 5. The standard InChI is InChI=1S/C14H15BrF3N3/c1-3-19-13(14-9(15)7-20-21(14)4-2)8-5-10(16)12(18)11(17)6-8/h5-7,13,19H,3-4H2,1-2H3. The number of hydrogen-bond donors (Lipinski definition) is 1. The van der Waals surface area contributed by atoms with Crippen molar-refractivity contribution in [1.82, 2.24) is 15.1 Å². The highest BCUT2D eigenvalue weighted by molar-refractivity contribution is 9.10. The zero-order valence-electron chi connectivity index (χ0n) is 11.6. The summed E-state index contributed by atoms with van der Waals surface area (Å²) in [6.45, 7) is 4.98. The van der Waals surface area contributed by atoms with Gasteiger partial charge in [0.1, 0.15) is 0 Å². The maximum Gasteiger partial charge on any atom is 0.194 e. The molecule has 1 aromatic heterocycles. The van der Waals surface area contributed by atoms with E-state index in [1.54, 1.807) is 10.9 Å². The molecule has 0 aliphatic carbocycles. The van der Waals surface area contributed by atoms with E-state index in [4.69, 9.17) is 0 Å². The van der Waals surface area contributed by atoms with Crippen molar-refractivity contribution in [3.8, 4) is 0 Å². The highest BCUT2D eigenvalue weighted by Gasteiger charge is 2.23. The van der Waals surface area contributed by atoms with Crippen molar-refractivity contribution in [3.63, 3.8) is 0 Å². The van der Waals surface area contributed by atoms with Gasteiger partial charge in [0.05, 0.1) is 22.4 Å². The van der Waals surface area contributed by atoms with Crippen molar-refractivity contribution >= 4 is 15.9 Å².